The molecule has 0 spiro atoms. The Bertz CT molecular complexity index is 414. The molecule has 0 heterocycles. The van der Waals surface area contributed by atoms with Gasteiger partial charge in [-0.3, -0.25) is 4.79 Å². The highest BCUT2D eigenvalue weighted by Gasteiger charge is 2.31. The van der Waals surface area contributed by atoms with E-state index in [1.807, 2.05) is 38.1 Å². The molecule has 0 aliphatic heterocycles. The lowest BCUT2D eigenvalue weighted by molar-refractivity contribution is -0.137. The van der Waals surface area contributed by atoms with Crippen molar-refractivity contribution in [2.75, 3.05) is 7.05 Å². The first-order chi connectivity index (χ1) is 8.29. The van der Waals surface area contributed by atoms with Gasteiger partial charge in [-0.1, -0.05) is 30.7 Å². The molecule has 0 saturated carbocycles. The molecule has 1 rings (SSSR count). The van der Waals surface area contributed by atoms with Gasteiger partial charge in [-0.2, -0.15) is 0 Å². The number of carbonyl (C=O) groups excluding carboxylic acids is 1. The van der Waals surface area contributed by atoms with Crippen molar-refractivity contribution in [3.8, 4) is 0 Å². The molecule has 2 atom stereocenters. The summed E-state index contributed by atoms with van der Waals surface area (Å²) >= 11 is 5.85. The minimum atomic E-state index is -0.810. The topological polar surface area (TPSA) is 46.3 Å². The van der Waals surface area contributed by atoms with Crippen molar-refractivity contribution in [3.63, 3.8) is 0 Å². The number of rotatable bonds is 4. The summed E-state index contributed by atoms with van der Waals surface area (Å²) < 4.78 is 0. The maximum Gasteiger partial charge on any atom is 0.242 e. The maximum absolute atomic E-state index is 12.3. The second-order valence-electron chi connectivity index (χ2n) is 4.91. The summed E-state index contributed by atoms with van der Waals surface area (Å²) in [5, 5.41) is 0.692. The summed E-state index contributed by atoms with van der Waals surface area (Å²) in [6.45, 7) is 5.66. The zero-order chi connectivity index (χ0) is 13.9. The molecule has 2 N–H and O–H groups in total. The van der Waals surface area contributed by atoms with Crippen molar-refractivity contribution >= 4 is 17.5 Å². The summed E-state index contributed by atoms with van der Waals surface area (Å²) in [7, 11) is 1.78. The van der Waals surface area contributed by atoms with Gasteiger partial charge < -0.3 is 10.6 Å². The van der Waals surface area contributed by atoms with Crippen LogP contribution in [0.1, 0.15) is 38.8 Å². The molecule has 0 bridgehead atoms. The molecule has 0 radical (unpaired) electrons. The van der Waals surface area contributed by atoms with Crippen LogP contribution in [0.4, 0.5) is 0 Å². The van der Waals surface area contributed by atoms with E-state index in [1.165, 1.54) is 0 Å². The monoisotopic (exact) mass is 268 g/mol. The Morgan fingerprint density at radius 3 is 2.39 bits per heavy atom. The predicted molar refractivity (Wildman–Crippen MR) is 75.5 cm³/mol. The van der Waals surface area contributed by atoms with Crippen LogP contribution in [-0.4, -0.2) is 23.4 Å². The van der Waals surface area contributed by atoms with Crippen molar-refractivity contribution < 1.29 is 4.79 Å². The van der Waals surface area contributed by atoms with Gasteiger partial charge in [-0.15, -0.1) is 0 Å². The van der Waals surface area contributed by atoms with E-state index in [0.29, 0.717) is 11.4 Å². The highest BCUT2D eigenvalue weighted by Crippen LogP contribution is 2.23. The van der Waals surface area contributed by atoms with Crippen LogP contribution in [0, 0.1) is 0 Å². The first kappa shape index (κ1) is 15.0. The number of nitrogens with zero attached hydrogens (tertiary/aromatic N) is 1. The Morgan fingerprint density at radius 2 is 1.94 bits per heavy atom. The van der Waals surface area contributed by atoms with E-state index in [9.17, 15) is 4.79 Å². The fourth-order valence-electron chi connectivity index (χ4n) is 1.69. The molecule has 18 heavy (non-hydrogen) atoms. The van der Waals surface area contributed by atoms with Gasteiger partial charge in [0.25, 0.3) is 0 Å². The lowest BCUT2D eigenvalue weighted by Gasteiger charge is -2.32. The molecule has 0 aromatic heterocycles. The van der Waals surface area contributed by atoms with Crippen molar-refractivity contribution in [1.29, 1.82) is 0 Å². The molecule has 2 unspecified atom stereocenters. The summed E-state index contributed by atoms with van der Waals surface area (Å²) in [6.07, 6.45) is 0.615. The lowest BCUT2D eigenvalue weighted by atomic mass is 9.97. The van der Waals surface area contributed by atoms with Crippen LogP contribution in [-0.2, 0) is 4.79 Å². The van der Waals surface area contributed by atoms with E-state index in [0.717, 1.165) is 5.56 Å². The Balaban J connectivity index is 2.87. The smallest absolute Gasteiger partial charge is 0.242 e. The van der Waals surface area contributed by atoms with E-state index < -0.39 is 5.54 Å². The van der Waals surface area contributed by atoms with E-state index >= 15 is 0 Å². The molecular weight excluding hydrogens is 248 g/mol. The maximum atomic E-state index is 12.3. The van der Waals surface area contributed by atoms with Gasteiger partial charge in [0.15, 0.2) is 0 Å². The van der Waals surface area contributed by atoms with Crippen LogP contribution in [0.2, 0.25) is 5.02 Å². The molecule has 1 amide bonds. The summed E-state index contributed by atoms with van der Waals surface area (Å²) in [5.74, 6) is -0.0487. The minimum absolute atomic E-state index is 0.0239. The fraction of sp³-hybridized carbons (Fsp3) is 0.500. The van der Waals surface area contributed by atoms with Gasteiger partial charge in [0.2, 0.25) is 5.91 Å². The highest BCUT2D eigenvalue weighted by atomic mass is 35.5. The van der Waals surface area contributed by atoms with Gasteiger partial charge in [-0.25, -0.2) is 0 Å². The predicted octanol–water partition coefficient (Wildman–Crippen LogP) is 2.99. The molecule has 4 heteroatoms. The molecule has 1 aromatic carbocycles. The first-order valence-electron chi connectivity index (χ1n) is 6.11. The van der Waals surface area contributed by atoms with Crippen LogP contribution in [0.15, 0.2) is 24.3 Å². The molecule has 3 nitrogen and oxygen atoms in total. The van der Waals surface area contributed by atoms with Crippen LogP contribution in [0.3, 0.4) is 0 Å². The second kappa shape index (κ2) is 5.72. The molecule has 0 aliphatic rings. The number of benzene rings is 1. The molecular formula is C14H21ClN2O. The van der Waals surface area contributed by atoms with Gasteiger partial charge in [0.1, 0.15) is 0 Å². The van der Waals surface area contributed by atoms with E-state index in [2.05, 4.69) is 0 Å². The third kappa shape index (κ3) is 3.24. The standard InChI is InChI=1S/C14H21ClN2O/c1-5-14(3,16)13(18)17(4)10(2)11-6-8-12(15)9-7-11/h6-10H,5,16H2,1-4H3. The number of halogens is 1. The number of hydrogen-bond donors (Lipinski definition) is 1. The van der Waals surface area contributed by atoms with Crippen LogP contribution in [0.5, 0.6) is 0 Å². The molecule has 0 fully saturated rings. The first-order valence-corrected chi connectivity index (χ1v) is 6.49. The molecule has 0 aliphatic carbocycles. The number of amides is 1. The third-order valence-electron chi connectivity index (χ3n) is 3.48. The van der Waals surface area contributed by atoms with Crippen LogP contribution >= 0.6 is 11.6 Å². The van der Waals surface area contributed by atoms with Gasteiger partial charge in [0.05, 0.1) is 11.6 Å². The average Bonchev–Trinajstić information content (AvgIpc) is 2.37. The third-order valence-corrected chi connectivity index (χ3v) is 3.73. The average molecular weight is 269 g/mol. The van der Waals surface area contributed by atoms with Crippen molar-refractivity contribution in [1.82, 2.24) is 4.90 Å². The fourth-order valence-corrected chi connectivity index (χ4v) is 1.82. The Kier molecular flexibility index (Phi) is 4.77. The van der Waals surface area contributed by atoms with Crippen molar-refractivity contribution in [3.05, 3.63) is 34.9 Å². The van der Waals surface area contributed by atoms with Gasteiger partial charge in [0, 0.05) is 12.1 Å². The van der Waals surface area contributed by atoms with E-state index in [1.54, 1.807) is 18.9 Å². The summed E-state index contributed by atoms with van der Waals surface area (Å²) in [4.78, 5) is 13.9. The zero-order valence-corrected chi connectivity index (χ0v) is 12.2. The normalized spacial score (nSPS) is 15.9. The number of nitrogens with two attached hydrogens (primary N) is 1. The molecule has 1 aromatic rings. The van der Waals surface area contributed by atoms with Crippen LogP contribution < -0.4 is 5.73 Å². The largest absolute Gasteiger partial charge is 0.337 e. The Labute approximate surface area is 114 Å². The SMILES string of the molecule is CCC(C)(N)C(=O)N(C)C(C)c1ccc(Cl)cc1. The van der Waals surface area contributed by atoms with Crippen molar-refractivity contribution in [2.24, 2.45) is 5.73 Å². The highest BCUT2D eigenvalue weighted by molar-refractivity contribution is 6.30. The number of hydrogen-bond acceptors (Lipinski definition) is 2. The Morgan fingerprint density at radius 1 is 1.44 bits per heavy atom. The number of carbonyl (C=O) groups is 1. The van der Waals surface area contributed by atoms with Crippen LogP contribution in [0.25, 0.3) is 0 Å². The van der Waals surface area contributed by atoms with E-state index in [-0.39, 0.29) is 11.9 Å². The lowest BCUT2D eigenvalue weighted by Crippen LogP contribution is -2.52. The van der Waals surface area contributed by atoms with E-state index in [4.69, 9.17) is 17.3 Å². The quantitative estimate of drug-likeness (QED) is 0.913. The summed E-state index contributed by atoms with van der Waals surface area (Å²) in [6, 6.07) is 7.48. The van der Waals surface area contributed by atoms with Crippen molar-refractivity contribution in [2.45, 2.75) is 38.8 Å². The zero-order valence-electron chi connectivity index (χ0n) is 11.4. The summed E-state index contributed by atoms with van der Waals surface area (Å²) in [5.41, 5.74) is 6.22. The number of likely N-dealkylation sites (N-methyl/N-ethyl adjacent to an activating group) is 1. The molecule has 100 valence electrons. The molecule has 0 saturated heterocycles. The van der Waals surface area contributed by atoms with Gasteiger partial charge >= 0.3 is 0 Å². The Hall–Kier alpha value is -1.06. The minimum Gasteiger partial charge on any atom is -0.337 e. The second-order valence-corrected chi connectivity index (χ2v) is 5.35. The van der Waals surface area contributed by atoms with Gasteiger partial charge in [-0.05, 0) is 38.0 Å².